The van der Waals surface area contributed by atoms with Gasteiger partial charge in [-0.2, -0.15) is 11.3 Å². The molecule has 6 heteroatoms. The first-order valence-electron chi connectivity index (χ1n) is 9.27. The Bertz CT molecular complexity index is 787. The van der Waals surface area contributed by atoms with Crippen molar-refractivity contribution < 1.29 is 14.3 Å². The Morgan fingerprint density at radius 3 is 2.63 bits per heavy atom. The fourth-order valence-electron chi connectivity index (χ4n) is 3.45. The zero-order chi connectivity index (χ0) is 19.4. The number of thiophene rings is 1. The normalized spacial score (nSPS) is 16.0. The van der Waals surface area contributed by atoms with Crippen molar-refractivity contribution in [1.82, 2.24) is 4.90 Å². The lowest BCUT2D eigenvalue weighted by atomic mass is 9.90. The van der Waals surface area contributed by atoms with E-state index in [0.717, 1.165) is 31.2 Å². The minimum atomic E-state index is -0.292. The highest BCUT2D eigenvalue weighted by Crippen LogP contribution is 2.33. The van der Waals surface area contributed by atoms with Crippen LogP contribution in [-0.2, 0) is 12.8 Å². The molecule has 27 heavy (non-hydrogen) atoms. The van der Waals surface area contributed by atoms with E-state index >= 15 is 0 Å². The Labute approximate surface area is 165 Å². The highest BCUT2D eigenvalue weighted by molar-refractivity contribution is 7.07. The summed E-state index contributed by atoms with van der Waals surface area (Å²) < 4.78 is 10.7. The zero-order valence-electron chi connectivity index (χ0n) is 16.3. The molecule has 0 fully saturated rings. The molecular formula is C21H28N2O3S. The highest BCUT2D eigenvalue weighted by atomic mass is 32.1. The summed E-state index contributed by atoms with van der Waals surface area (Å²) >= 11 is 1.71. The monoisotopic (exact) mass is 388 g/mol. The average Bonchev–Trinajstić information content (AvgIpc) is 3.19. The van der Waals surface area contributed by atoms with Crippen LogP contribution in [-0.4, -0.2) is 43.7 Å². The van der Waals surface area contributed by atoms with Gasteiger partial charge in [0.2, 0.25) is 0 Å². The summed E-state index contributed by atoms with van der Waals surface area (Å²) in [6, 6.07) is 5.85. The molecule has 0 bridgehead atoms. The van der Waals surface area contributed by atoms with E-state index in [1.165, 1.54) is 5.56 Å². The Hall–Kier alpha value is -2.05. The van der Waals surface area contributed by atoms with Crippen molar-refractivity contribution in [3.63, 3.8) is 0 Å². The second kappa shape index (κ2) is 8.31. The summed E-state index contributed by atoms with van der Waals surface area (Å²) in [6.07, 6.45) is 3.49. The first kappa shape index (κ1) is 19.7. The number of hydrogen-bond donors (Lipinski definition) is 1. The molecule has 0 aliphatic carbocycles. The van der Waals surface area contributed by atoms with Crippen molar-refractivity contribution in [2.24, 2.45) is 5.73 Å². The van der Waals surface area contributed by atoms with Gasteiger partial charge in [-0.3, -0.25) is 4.79 Å². The summed E-state index contributed by atoms with van der Waals surface area (Å²) in [5.74, 6) is 1.30. The molecular weight excluding hydrogens is 360 g/mol. The third-order valence-electron chi connectivity index (χ3n) is 5.30. The van der Waals surface area contributed by atoms with Crippen LogP contribution in [0.4, 0.5) is 0 Å². The number of aryl methyl sites for hydroxylation is 1. The van der Waals surface area contributed by atoms with E-state index in [9.17, 15) is 4.79 Å². The molecule has 1 aliphatic rings. The molecule has 1 unspecified atom stereocenters. The number of hydrogen-bond acceptors (Lipinski definition) is 5. The van der Waals surface area contributed by atoms with Crippen LogP contribution in [0.15, 0.2) is 29.0 Å². The summed E-state index contributed by atoms with van der Waals surface area (Å²) in [4.78, 5) is 14.8. The number of fused-ring (bicyclic) bond motifs is 1. The standard InChI is InChI=1S/C21H28N2O3S/c1-21(22,7-4-15-6-11-27-14-15)8-10-23-9-5-16-12-18(25-2)19(26-3)13-17(16)20(23)24/h6,11-14H,4-5,7-10,22H2,1-3H3. The van der Waals surface area contributed by atoms with E-state index in [-0.39, 0.29) is 11.4 Å². The molecule has 2 heterocycles. The van der Waals surface area contributed by atoms with Crippen LogP contribution in [0.1, 0.15) is 41.3 Å². The number of carbonyl (C=O) groups excluding carboxylic acids is 1. The van der Waals surface area contributed by atoms with Gasteiger partial charge < -0.3 is 20.1 Å². The van der Waals surface area contributed by atoms with Gasteiger partial charge in [0.25, 0.3) is 5.91 Å². The van der Waals surface area contributed by atoms with Crippen LogP contribution < -0.4 is 15.2 Å². The summed E-state index contributed by atoms with van der Waals surface area (Å²) in [5, 5.41) is 4.26. The number of rotatable bonds is 8. The molecule has 1 aromatic carbocycles. The molecule has 0 saturated heterocycles. The Morgan fingerprint density at radius 2 is 1.96 bits per heavy atom. The van der Waals surface area contributed by atoms with Gasteiger partial charge in [0.05, 0.1) is 14.2 Å². The number of amides is 1. The molecule has 1 atom stereocenters. The maximum absolute atomic E-state index is 12.9. The summed E-state index contributed by atoms with van der Waals surface area (Å²) in [7, 11) is 3.20. The van der Waals surface area contributed by atoms with Gasteiger partial charge in [0, 0.05) is 24.2 Å². The maximum Gasteiger partial charge on any atom is 0.254 e. The first-order chi connectivity index (χ1) is 12.9. The van der Waals surface area contributed by atoms with Gasteiger partial charge in [-0.15, -0.1) is 0 Å². The lowest BCUT2D eigenvalue weighted by molar-refractivity contribution is 0.0726. The third-order valence-corrected chi connectivity index (χ3v) is 6.03. The summed E-state index contributed by atoms with van der Waals surface area (Å²) in [6.45, 7) is 3.46. The molecule has 0 saturated carbocycles. The predicted molar refractivity (Wildman–Crippen MR) is 109 cm³/mol. The van der Waals surface area contributed by atoms with Gasteiger partial charge in [0.1, 0.15) is 0 Å². The highest BCUT2D eigenvalue weighted by Gasteiger charge is 2.28. The van der Waals surface area contributed by atoms with Crippen LogP contribution in [0, 0.1) is 0 Å². The van der Waals surface area contributed by atoms with Crippen molar-refractivity contribution >= 4 is 17.2 Å². The van der Waals surface area contributed by atoms with Gasteiger partial charge in [-0.05, 0) is 72.7 Å². The molecule has 1 aromatic heterocycles. The Morgan fingerprint density at radius 1 is 1.22 bits per heavy atom. The van der Waals surface area contributed by atoms with E-state index in [2.05, 4.69) is 23.8 Å². The van der Waals surface area contributed by atoms with Crippen LogP contribution in [0.5, 0.6) is 11.5 Å². The predicted octanol–water partition coefficient (Wildman–Crippen LogP) is 3.50. The van der Waals surface area contributed by atoms with Crippen LogP contribution in [0.25, 0.3) is 0 Å². The van der Waals surface area contributed by atoms with Gasteiger partial charge in [-0.1, -0.05) is 0 Å². The number of nitrogens with zero attached hydrogens (tertiary/aromatic N) is 1. The number of methoxy groups -OCH3 is 2. The smallest absolute Gasteiger partial charge is 0.254 e. The number of ether oxygens (including phenoxy) is 2. The third kappa shape index (κ3) is 4.62. The minimum Gasteiger partial charge on any atom is -0.493 e. The van der Waals surface area contributed by atoms with Crippen LogP contribution in [0.3, 0.4) is 0 Å². The van der Waals surface area contributed by atoms with Crippen LogP contribution >= 0.6 is 11.3 Å². The fraction of sp³-hybridized carbons (Fsp3) is 0.476. The molecule has 5 nitrogen and oxygen atoms in total. The molecule has 2 N–H and O–H groups in total. The Kier molecular flexibility index (Phi) is 6.07. The number of nitrogens with two attached hydrogens (primary N) is 1. The lowest BCUT2D eigenvalue weighted by Gasteiger charge is -2.33. The fourth-order valence-corrected chi connectivity index (χ4v) is 4.15. The van der Waals surface area contributed by atoms with E-state index in [1.807, 2.05) is 11.0 Å². The molecule has 3 rings (SSSR count). The minimum absolute atomic E-state index is 0.0471. The van der Waals surface area contributed by atoms with Crippen molar-refractivity contribution in [3.8, 4) is 11.5 Å². The van der Waals surface area contributed by atoms with Gasteiger partial charge in [0.15, 0.2) is 11.5 Å². The van der Waals surface area contributed by atoms with Gasteiger partial charge >= 0.3 is 0 Å². The number of benzene rings is 1. The molecule has 0 radical (unpaired) electrons. The van der Waals surface area contributed by atoms with Crippen molar-refractivity contribution in [2.75, 3.05) is 27.3 Å². The van der Waals surface area contributed by atoms with E-state index < -0.39 is 0 Å². The Balaban J connectivity index is 1.63. The largest absolute Gasteiger partial charge is 0.493 e. The zero-order valence-corrected chi connectivity index (χ0v) is 17.1. The molecule has 1 amide bonds. The maximum atomic E-state index is 12.9. The van der Waals surface area contributed by atoms with E-state index in [1.54, 1.807) is 31.6 Å². The number of carbonyl (C=O) groups is 1. The molecule has 2 aromatic rings. The second-order valence-corrected chi connectivity index (χ2v) is 8.22. The van der Waals surface area contributed by atoms with Crippen molar-refractivity contribution in [3.05, 3.63) is 45.6 Å². The summed E-state index contributed by atoms with van der Waals surface area (Å²) in [5.41, 5.74) is 9.27. The van der Waals surface area contributed by atoms with Crippen LogP contribution in [0.2, 0.25) is 0 Å². The quantitative estimate of drug-likeness (QED) is 0.752. The van der Waals surface area contributed by atoms with Crippen molar-refractivity contribution in [1.29, 1.82) is 0 Å². The second-order valence-electron chi connectivity index (χ2n) is 7.44. The molecule has 146 valence electrons. The first-order valence-corrected chi connectivity index (χ1v) is 10.2. The topological polar surface area (TPSA) is 64.8 Å². The molecule has 0 spiro atoms. The SMILES string of the molecule is COc1cc2c(cc1OC)C(=O)N(CCC(C)(N)CCc1ccsc1)CC2. The van der Waals surface area contributed by atoms with E-state index in [4.69, 9.17) is 15.2 Å². The van der Waals surface area contributed by atoms with E-state index in [0.29, 0.717) is 30.2 Å². The van der Waals surface area contributed by atoms with Gasteiger partial charge in [-0.25, -0.2) is 0 Å². The van der Waals surface area contributed by atoms with Crippen molar-refractivity contribution in [2.45, 2.75) is 38.1 Å². The lowest BCUT2D eigenvalue weighted by Crippen LogP contribution is -2.44. The molecule has 1 aliphatic heterocycles. The average molecular weight is 389 g/mol.